The van der Waals surface area contributed by atoms with Crippen LogP contribution in [0.5, 0.6) is 5.75 Å². The van der Waals surface area contributed by atoms with E-state index >= 15 is 0 Å². The minimum Gasteiger partial charge on any atom is -0.497 e. The van der Waals surface area contributed by atoms with Gasteiger partial charge in [-0.15, -0.1) is 0 Å². The van der Waals surface area contributed by atoms with Gasteiger partial charge in [0.05, 0.1) is 25.1 Å². The molecule has 0 atom stereocenters. The topological polar surface area (TPSA) is 73.7 Å². The summed E-state index contributed by atoms with van der Waals surface area (Å²) in [6, 6.07) is 7.57. The average molecular weight is 412 g/mol. The fraction of sp³-hybridized carbons (Fsp3) is 0.522. The van der Waals surface area contributed by atoms with Gasteiger partial charge in [0.25, 0.3) is 0 Å². The highest BCUT2D eigenvalue weighted by molar-refractivity contribution is 5.90. The number of methoxy groups -OCH3 is 1. The van der Waals surface area contributed by atoms with Gasteiger partial charge in [-0.25, -0.2) is 9.48 Å². The highest BCUT2D eigenvalue weighted by atomic mass is 16.5. The van der Waals surface area contributed by atoms with Gasteiger partial charge in [-0.2, -0.15) is 5.10 Å². The number of fused-ring (bicyclic) bond motifs is 1. The Kier molecular flexibility index (Phi) is 6.06. The smallest absolute Gasteiger partial charge is 0.359 e. The van der Waals surface area contributed by atoms with Crippen molar-refractivity contribution < 1.29 is 19.1 Å². The SMILES string of the molecule is CCOC(=O)c1nn(-c2ccc(OC)cc2)c2c1CN(C(=O)C1CCCCC1)CC2. The number of hydrogen-bond acceptors (Lipinski definition) is 5. The molecule has 30 heavy (non-hydrogen) atoms. The lowest BCUT2D eigenvalue weighted by atomic mass is 9.87. The maximum atomic E-state index is 13.1. The number of nitrogens with zero attached hydrogens (tertiary/aromatic N) is 3. The average Bonchev–Trinajstić information content (AvgIpc) is 3.18. The summed E-state index contributed by atoms with van der Waals surface area (Å²) < 4.78 is 12.3. The molecule has 1 aliphatic carbocycles. The van der Waals surface area contributed by atoms with Gasteiger partial charge in [0, 0.05) is 31.0 Å². The van der Waals surface area contributed by atoms with Crippen molar-refractivity contribution in [3.63, 3.8) is 0 Å². The van der Waals surface area contributed by atoms with Crippen LogP contribution in [0.1, 0.15) is 60.8 Å². The highest BCUT2D eigenvalue weighted by Crippen LogP contribution is 2.30. The first-order chi connectivity index (χ1) is 14.6. The summed E-state index contributed by atoms with van der Waals surface area (Å²) in [4.78, 5) is 27.6. The number of ether oxygens (including phenoxy) is 2. The number of aromatic nitrogens is 2. The lowest BCUT2D eigenvalue weighted by molar-refractivity contribution is -0.137. The van der Waals surface area contributed by atoms with E-state index in [9.17, 15) is 9.59 Å². The number of rotatable bonds is 5. The maximum Gasteiger partial charge on any atom is 0.359 e. The van der Waals surface area contributed by atoms with Gasteiger partial charge in [0.1, 0.15) is 5.75 Å². The van der Waals surface area contributed by atoms with Gasteiger partial charge in [-0.05, 0) is 44.0 Å². The molecular weight excluding hydrogens is 382 g/mol. The van der Waals surface area contributed by atoms with Crippen molar-refractivity contribution in [1.29, 1.82) is 0 Å². The van der Waals surface area contributed by atoms with Crippen molar-refractivity contribution in [2.45, 2.75) is 52.0 Å². The molecule has 1 fully saturated rings. The fourth-order valence-corrected chi connectivity index (χ4v) is 4.52. The molecule has 160 valence electrons. The lowest BCUT2D eigenvalue weighted by Gasteiger charge is -2.32. The van der Waals surface area contributed by atoms with Gasteiger partial charge >= 0.3 is 5.97 Å². The number of esters is 1. The van der Waals surface area contributed by atoms with Crippen LogP contribution in [-0.4, -0.2) is 46.8 Å². The summed E-state index contributed by atoms with van der Waals surface area (Å²) >= 11 is 0. The van der Waals surface area contributed by atoms with Crippen LogP contribution < -0.4 is 4.74 Å². The summed E-state index contributed by atoms with van der Waals surface area (Å²) in [5, 5.41) is 4.61. The fourth-order valence-electron chi connectivity index (χ4n) is 4.52. The van der Waals surface area contributed by atoms with E-state index < -0.39 is 5.97 Å². The third-order valence-electron chi connectivity index (χ3n) is 6.11. The summed E-state index contributed by atoms with van der Waals surface area (Å²) in [6.07, 6.45) is 6.07. The molecule has 4 rings (SSSR count). The summed E-state index contributed by atoms with van der Waals surface area (Å²) in [5.74, 6) is 0.651. The predicted molar refractivity (Wildman–Crippen MR) is 112 cm³/mol. The molecule has 0 N–H and O–H groups in total. The second-order valence-electron chi connectivity index (χ2n) is 7.95. The molecule has 1 aliphatic heterocycles. The quantitative estimate of drug-likeness (QED) is 0.704. The monoisotopic (exact) mass is 411 g/mol. The zero-order valence-electron chi connectivity index (χ0n) is 17.7. The third-order valence-corrected chi connectivity index (χ3v) is 6.11. The first-order valence-electron chi connectivity index (χ1n) is 10.8. The van der Waals surface area contributed by atoms with E-state index in [1.54, 1.807) is 14.0 Å². The van der Waals surface area contributed by atoms with Crippen LogP contribution in [0.4, 0.5) is 0 Å². The first kappa shape index (κ1) is 20.4. The molecule has 2 aliphatic rings. The van der Waals surface area contributed by atoms with E-state index in [1.165, 1.54) is 6.42 Å². The number of benzene rings is 1. The molecule has 0 saturated heterocycles. The Bertz CT molecular complexity index is 913. The van der Waals surface area contributed by atoms with E-state index in [1.807, 2.05) is 33.8 Å². The number of hydrogen-bond donors (Lipinski definition) is 0. The normalized spacial score (nSPS) is 16.8. The number of amides is 1. The molecule has 1 amide bonds. The predicted octanol–water partition coefficient (Wildman–Crippen LogP) is 3.52. The zero-order valence-corrected chi connectivity index (χ0v) is 17.7. The Morgan fingerprint density at radius 2 is 1.87 bits per heavy atom. The Balaban J connectivity index is 1.66. The van der Waals surface area contributed by atoms with Crippen molar-refractivity contribution >= 4 is 11.9 Å². The highest BCUT2D eigenvalue weighted by Gasteiger charge is 2.33. The Morgan fingerprint density at radius 1 is 1.13 bits per heavy atom. The number of carbonyl (C=O) groups is 2. The van der Waals surface area contributed by atoms with E-state index in [0.717, 1.165) is 48.4 Å². The lowest BCUT2D eigenvalue weighted by Crippen LogP contribution is -2.40. The van der Waals surface area contributed by atoms with Crippen LogP contribution in [0.15, 0.2) is 24.3 Å². The van der Waals surface area contributed by atoms with Gasteiger partial charge in [-0.3, -0.25) is 4.79 Å². The van der Waals surface area contributed by atoms with Gasteiger partial charge < -0.3 is 14.4 Å². The van der Waals surface area contributed by atoms with Gasteiger partial charge in [-0.1, -0.05) is 19.3 Å². The van der Waals surface area contributed by atoms with Crippen molar-refractivity contribution in [3.8, 4) is 11.4 Å². The molecule has 1 aromatic carbocycles. The van der Waals surface area contributed by atoms with Gasteiger partial charge in [0.2, 0.25) is 5.91 Å². The summed E-state index contributed by atoms with van der Waals surface area (Å²) in [5.41, 5.74) is 2.94. The molecule has 1 aromatic heterocycles. The second-order valence-corrected chi connectivity index (χ2v) is 7.95. The molecule has 2 heterocycles. The molecule has 0 unspecified atom stereocenters. The molecule has 7 heteroatoms. The van der Waals surface area contributed by atoms with E-state index in [-0.39, 0.29) is 18.4 Å². The molecule has 0 bridgehead atoms. The van der Waals surface area contributed by atoms with Crippen molar-refractivity contribution in [2.24, 2.45) is 5.92 Å². The third kappa shape index (κ3) is 3.93. The van der Waals surface area contributed by atoms with E-state index in [2.05, 4.69) is 5.10 Å². The van der Waals surface area contributed by atoms with E-state index in [4.69, 9.17) is 9.47 Å². The minimum atomic E-state index is -0.437. The van der Waals surface area contributed by atoms with Crippen molar-refractivity contribution in [2.75, 3.05) is 20.3 Å². The van der Waals surface area contributed by atoms with E-state index in [0.29, 0.717) is 25.2 Å². The summed E-state index contributed by atoms with van der Waals surface area (Å²) in [7, 11) is 1.63. The van der Waals surface area contributed by atoms with Crippen LogP contribution in [0, 0.1) is 5.92 Å². The molecule has 7 nitrogen and oxygen atoms in total. The van der Waals surface area contributed by atoms with Crippen molar-refractivity contribution in [3.05, 3.63) is 41.2 Å². The Hall–Kier alpha value is -2.83. The van der Waals surface area contributed by atoms with Crippen LogP contribution in [0.3, 0.4) is 0 Å². The van der Waals surface area contributed by atoms with Crippen LogP contribution in [0.2, 0.25) is 0 Å². The van der Waals surface area contributed by atoms with Crippen molar-refractivity contribution in [1.82, 2.24) is 14.7 Å². The van der Waals surface area contributed by atoms with Gasteiger partial charge in [0.15, 0.2) is 5.69 Å². The Morgan fingerprint density at radius 3 is 2.53 bits per heavy atom. The maximum absolute atomic E-state index is 13.1. The molecule has 1 saturated carbocycles. The number of carbonyl (C=O) groups excluding carboxylic acids is 2. The molecule has 0 spiro atoms. The largest absolute Gasteiger partial charge is 0.497 e. The second kappa shape index (κ2) is 8.90. The zero-order chi connectivity index (χ0) is 21.1. The summed E-state index contributed by atoms with van der Waals surface area (Å²) in [6.45, 7) is 3.12. The van der Waals surface area contributed by atoms with Crippen LogP contribution >= 0.6 is 0 Å². The minimum absolute atomic E-state index is 0.114. The molecular formula is C23H29N3O4. The first-order valence-corrected chi connectivity index (χ1v) is 10.8. The molecule has 0 radical (unpaired) electrons. The van der Waals surface area contributed by atoms with Crippen LogP contribution in [-0.2, 0) is 22.5 Å². The molecule has 2 aromatic rings. The standard InChI is InChI=1S/C23H29N3O4/c1-3-30-23(28)21-19-15-25(22(27)16-7-5-4-6-8-16)14-13-20(19)26(24-21)17-9-11-18(29-2)12-10-17/h9-12,16H,3-8,13-15H2,1-2H3. The van der Waals surface area contributed by atoms with Crippen LogP contribution in [0.25, 0.3) is 5.69 Å². The Labute approximate surface area is 177 Å².